The van der Waals surface area contributed by atoms with Gasteiger partial charge >= 0.3 is 6.09 Å². The Morgan fingerprint density at radius 1 is 0.902 bits per heavy atom. The minimum atomic E-state index is -1.07. The molecular formula is C30H28N6O5. The quantitative estimate of drug-likeness (QED) is 0.289. The number of carboxylic acid groups (broad SMARTS) is 1. The summed E-state index contributed by atoms with van der Waals surface area (Å²) in [7, 11) is 0. The van der Waals surface area contributed by atoms with Gasteiger partial charge in [-0.2, -0.15) is 0 Å². The van der Waals surface area contributed by atoms with Gasteiger partial charge in [-0.1, -0.05) is 30.3 Å². The van der Waals surface area contributed by atoms with Gasteiger partial charge in [0.05, 0.1) is 24.6 Å². The first-order valence-electron chi connectivity index (χ1n) is 13.3. The van der Waals surface area contributed by atoms with Crippen LogP contribution in [0.2, 0.25) is 0 Å². The summed E-state index contributed by atoms with van der Waals surface area (Å²) < 4.78 is 0. The Balaban J connectivity index is 1.09. The van der Waals surface area contributed by atoms with Crippen molar-refractivity contribution in [2.45, 2.75) is 18.9 Å². The van der Waals surface area contributed by atoms with Gasteiger partial charge in [0.2, 0.25) is 11.8 Å². The number of carbonyl (C=O) groups excluding carboxylic acids is 2. The number of benzene rings is 3. The Morgan fingerprint density at radius 2 is 1.61 bits per heavy atom. The fourth-order valence-electron chi connectivity index (χ4n) is 5.01. The van der Waals surface area contributed by atoms with Gasteiger partial charge in [-0.05, 0) is 60.9 Å². The van der Waals surface area contributed by atoms with Crippen molar-refractivity contribution in [3.8, 4) is 5.75 Å². The molecule has 3 aromatic carbocycles. The number of amides is 3. The molecule has 1 atom stereocenters. The van der Waals surface area contributed by atoms with E-state index in [1.54, 1.807) is 47.7 Å². The van der Waals surface area contributed by atoms with Crippen LogP contribution in [-0.2, 0) is 9.59 Å². The average molecular weight is 553 g/mol. The summed E-state index contributed by atoms with van der Waals surface area (Å²) in [5.41, 5.74) is 1.68. The zero-order valence-corrected chi connectivity index (χ0v) is 22.1. The fourth-order valence-corrected chi connectivity index (χ4v) is 5.01. The van der Waals surface area contributed by atoms with Crippen LogP contribution in [-0.4, -0.2) is 62.6 Å². The molecule has 0 bridgehead atoms. The van der Waals surface area contributed by atoms with Crippen molar-refractivity contribution in [2.75, 3.05) is 30.3 Å². The second-order valence-corrected chi connectivity index (χ2v) is 10.2. The minimum absolute atomic E-state index is 0.267. The summed E-state index contributed by atoms with van der Waals surface area (Å²) in [6, 6.07) is 21.2. The number of nitrogens with one attached hydrogen (secondary N) is 2. The summed E-state index contributed by atoms with van der Waals surface area (Å²) in [6.07, 6.45) is 3.17. The van der Waals surface area contributed by atoms with E-state index in [9.17, 15) is 19.5 Å². The molecule has 1 aromatic heterocycles. The zero-order chi connectivity index (χ0) is 28.4. The van der Waals surface area contributed by atoms with E-state index in [1.165, 1.54) is 11.2 Å². The normalized spacial score (nSPS) is 18.0. The van der Waals surface area contributed by atoms with Crippen molar-refractivity contribution in [3.63, 3.8) is 0 Å². The third-order valence-corrected chi connectivity index (χ3v) is 7.50. The van der Waals surface area contributed by atoms with Crippen LogP contribution in [0.25, 0.3) is 10.9 Å². The highest BCUT2D eigenvalue weighted by Gasteiger charge is 2.56. The van der Waals surface area contributed by atoms with Gasteiger partial charge in [-0.25, -0.2) is 14.8 Å². The van der Waals surface area contributed by atoms with Gasteiger partial charge in [0.1, 0.15) is 17.5 Å². The third-order valence-electron chi connectivity index (χ3n) is 7.50. The van der Waals surface area contributed by atoms with Crippen LogP contribution in [0.15, 0.2) is 85.3 Å². The fraction of sp³-hybridized carbons (Fsp3) is 0.233. The molecule has 11 heteroatoms. The molecule has 3 amide bonds. The van der Waals surface area contributed by atoms with Gasteiger partial charge in [0.25, 0.3) is 0 Å². The van der Waals surface area contributed by atoms with Gasteiger partial charge < -0.3 is 20.6 Å². The number of piperazine rings is 1. The number of para-hydroxylation sites is 1. The first-order chi connectivity index (χ1) is 19.9. The molecule has 1 aliphatic heterocycles. The molecule has 3 N–H and O–H groups in total. The van der Waals surface area contributed by atoms with E-state index in [0.717, 1.165) is 16.5 Å². The number of aromatic nitrogens is 2. The SMILES string of the molecule is O=C(O)N1CCN(Oc2ccc(NC(=O)C3(C(=O)Nc4ccccc4)CC3)cc2)CC1c1ccc2cncnc2c1. The number of nitrogens with zero attached hydrogens (tertiary/aromatic N) is 4. The standard InChI is InChI=1S/C30H28N6O5/c37-27(33-22-4-2-1-3-5-22)30(12-13-30)28(38)34-23-8-10-24(11-9-23)41-35-14-15-36(29(39)40)26(18-35)20-6-7-21-17-31-19-32-25(21)16-20/h1-11,16-17,19,26H,12-15,18H2,(H,33,37)(H,34,38)(H,39,40). The number of fused-ring (bicyclic) bond motifs is 1. The smallest absolute Gasteiger partial charge is 0.407 e. The second-order valence-electron chi connectivity index (χ2n) is 10.2. The highest BCUT2D eigenvalue weighted by atomic mass is 16.7. The molecule has 1 saturated carbocycles. The lowest BCUT2D eigenvalue weighted by Gasteiger charge is -2.39. The Labute approximate surface area is 235 Å². The summed E-state index contributed by atoms with van der Waals surface area (Å²) >= 11 is 0. The van der Waals surface area contributed by atoms with Crippen molar-refractivity contribution in [3.05, 3.63) is 90.9 Å². The van der Waals surface area contributed by atoms with E-state index >= 15 is 0 Å². The molecule has 6 rings (SSSR count). The maximum absolute atomic E-state index is 13.0. The molecule has 4 aromatic rings. The van der Waals surface area contributed by atoms with Crippen LogP contribution in [0.3, 0.4) is 0 Å². The number of rotatable bonds is 7. The Hall–Kier alpha value is -5.03. The summed E-state index contributed by atoms with van der Waals surface area (Å²) in [5.74, 6) is -0.109. The van der Waals surface area contributed by atoms with E-state index < -0.39 is 17.6 Å². The van der Waals surface area contributed by atoms with E-state index in [1.807, 2.05) is 36.4 Å². The van der Waals surface area contributed by atoms with Crippen LogP contribution < -0.4 is 15.5 Å². The predicted molar refractivity (Wildman–Crippen MR) is 151 cm³/mol. The maximum Gasteiger partial charge on any atom is 0.407 e. The molecule has 208 valence electrons. The van der Waals surface area contributed by atoms with Crippen LogP contribution >= 0.6 is 0 Å². The molecule has 2 fully saturated rings. The molecule has 2 heterocycles. The van der Waals surface area contributed by atoms with Crippen molar-refractivity contribution in [1.29, 1.82) is 0 Å². The number of anilines is 2. The highest BCUT2D eigenvalue weighted by molar-refractivity contribution is 6.16. The van der Waals surface area contributed by atoms with Gasteiger partial charge in [0, 0.05) is 29.5 Å². The molecule has 2 aliphatic rings. The molecule has 11 nitrogen and oxygen atoms in total. The topological polar surface area (TPSA) is 137 Å². The van der Waals surface area contributed by atoms with Crippen LogP contribution in [0, 0.1) is 5.41 Å². The van der Waals surface area contributed by atoms with Crippen LogP contribution in [0.4, 0.5) is 16.2 Å². The van der Waals surface area contributed by atoms with Crippen LogP contribution in [0.5, 0.6) is 5.75 Å². The number of hydrogen-bond acceptors (Lipinski definition) is 7. The Morgan fingerprint density at radius 3 is 2.29 bits per heavy atom. The lowest BCUT2D eigenvalue weighted by atomic mass is 10.0. The summed E-state index contributed by atoms with van der Waals surface area (Å²) in [6.45, 7) is 0.972. The molecule has 1 aliphatic carbocycles. The van der Waals surface area contributed by atoms with Crippen molar-refractivity contribution in [1.82, 2.24) is 19.9 Å². The van der Waals surface area contributed by atoms with E-state index in [0.29, 0.717) is 43.1 Å². The van der Waals surface area contributed by atoms with Crippen molar-refractivity contribution in [2.24, 2.45) is 5.41 Å². The first kappa shape index (κ1) is 26.2. The monoisotopic (exact) mass is 552 g/mol. The Bertz CT molecular complexity index is 1590. The molecule has 41 heavy (non-hydrogen) atoms. The summed E-state index contributed by atoms with van der Waals surface area (Å²) in [5, 5.41) is 18.1. The number of hydroxylamine groups is 2. The highest BCUT2D eigenvalue weighted by Crippen LogP contribution is 2.47. The van der Waals surface area contributed by atoms with E-state index in [2.05, 4.69) is 20.6 Å². The summed E-state index contributed by atoms with van der Waals surface area (Å²) in [4.78, 5) is 53.6. The molecular weight excluding hydrogens is 524 g/mol. The molecule has 0 spiro atoms. The predicted octanol–water partition coefficient (Wildman–Crippen LogP) is 4.32. The zero-order valence-electron chi connectivity index (χ0n) is 22.1. The van der Waals surface area contributed by atoms with Gasteiger partial charge in [-0.3, -0.25) is 14.5 Å². The second kappa shape index (κ2) is 10.9. The van der Waals surface area contributed by atoms with Crippen molar-refractivity contribution >= 4 is 40.2 Å². The molecule has 1 saturated heterocycles. The lowest BCUT2D eigenvalue weighted by Crippen LogP contribution is -2.51. The van der Waals surface area contributed by atoms with Gasteiger partial charge in [-0.15, -0.1) is 5.06 Å². The first-order valence-corrected chi connectivity index (χ1v) is 13.3. The van der Waals surface area contributed by atoms with E-state index in [4.69, 9.17) is 4.84 Å². The Kier molecular flexibility index (Phi) is 6.94. The van der Waals surface area contributed by atoms with Crippen LogP contribution in [0.1, 0.15) is 24.4 Å². The maximum atomic E-state index is 13.0. The van der Waals surface area contributed by atoms with Gasteiger partial charge in [0.15, 0.2) is 0 Å². The number of hydrogen-bond donors (Lipinski definition) is 3. The average Bonchev–Trinajstić information content (AvgIpc) is 3.81. The molecule has 1 unspecified atom stereocenters. The number of carbonyl (C=O) groups is 3. The lowest BCUT2D eigenvalue weighted by molar-refractivity contribution is -0.131. The van der Waals surface area contributed by atoms with Crippen molar-refractivity contribution < 1.29 is 24.3 Å². The minimum Gasteiger partial charge on any atom is -0.465 e. The van der Waals surface area contributed by atoms with E-state index in [-0.39, 0.29) is 18.4 Å². The largest absolute Gasteiger partial charge is 0.465 e. The molecule has 0 radical (unpaired) electrons. The third kappa shape index (κ3) is 5.52.